The van der Waals surface area contributed by atoms with Crippen LogP contribution in [0.15, 0.2) is 12.1 Å². The van der Waals surface area contributed by atoms with Gasteiger partial charge in [0.1, 0.15) is 0 Å². The van der Waals surface area contributed by atoms with Crippen LogP contribution >= 0.6 is 0 Å². The van der Waals surface area contributed by atoms with E-state index in [2.05, 4.69) is 26.1 Å². The van der Waals surface area contributed by atoms with Crippen LogP contribution in [0.4, 0.5) is 5.69 Å². The number of carbonyl (C=O) groups excluding carboxylic acids is 2. The molecule has 0 radical (unpaired) electrons. The van der Waals surface area contributed by atoms with E-state index in [1.165, 1.54) is 0 Å². The second kappa shape index (κ2) is 5.98. The number of rotatable bonds is 5. The van der Waals surface area contributed by atoms with E-state index in [-0.39, 0.29) is 11.7 Å². The molecule has 1 atom stereocenters. The van der Waals surface area contributed by atoms with Gasteiger partial charge in [-0.2, -0.15) is 0 Å². The third kappa shape index (κ3) is 3.16. The highest BCUT2D eigenvalue weighted by Gasteiger charge is 2.37. The van der Waals surface area contributed by atoms with Crippen molar-refractivity contribution in [1.82, 2.24) is 5.32 Å². The predicted octanol–water partition coefficient (Wildman–Crippen LogP) is 2.47. The maximum Gasteiger partial charge on any atom is 0.299 e. The number of benzene rings is 1. The lowest BCUT2D eigenvalue weighted by atomic mass is 10.0. The van der Waals surface area contributed by atoms with Gasteiger partial charge in [-0.15, -0.1) is 0 Å². The smallest absolute Gasteiger partial charge is 0.299 e. The fraction of sp³-hybridized carbons (Fsp3) is 0.529. The molecular formula is C17H24N2O2. The first-order valence-electron chi connectivity index (χ1n) is 7.52. The zero-order valence-corrected chi connectivity index (χ0v) is 13.5. The lowest BCUT2D eigenvalue weighted by Crippen LogP contribution is -2.38. The second-order valence-corrected chi connectivity index (χ2v) is 6.39. The van der Waals surface area contributed by atoms with Gasteiger partial charge in [0.25, 0.3) is 11.7 Å². The molecule has 1 amide bonds. The largest absolute Gasteiger partial charge is 0.314 e. The van der Waals surface area contributed by atoms with Crippen LogP contribution in [0.1, 0.15) is 42.3 Å². The number of hydrogen-bond donors (Lipinski definition) is 1. The predicted molar refractivity (Wildman–Crippen MR) is 84.9 cm³/mol. The summed E-state index contributed by atoms with van der Waals surface area (Å²) in [7, 11) is 0. The average Bonchev–Trinajstić information content (AvgIpc) is 2.61. The van der Waals surface area contributed by atoms with Crippen molar-refractivity contribution in [2.75, 3.05) is 18.0 Å². The van der Waals surface area contributed by atoms with Crippen molar-refractivity contribution >= 4 is 17.4 Å². The molecule has 2 rings (SSSR count). The number of aryl methyl sites for hydroxylation is 2. The van der Waals surface area contributed by atoms with Crippen LogP contribution in [0.5, 0.6) is 0 Å². The van der Waals surface area contributed by atoms with E-state index in [9.17, 15) is 9.59 Å². The molecule has 1 aliphatic heterocycles. The molecule has 0 aliphatic carbocycles. The van der Waals surface area contributed by atoms with E-state index < -0.39 is 5.91 Å². The molecule has 1 unspecified atom stereocenters. The number of nitrogens with one attached hydrogen (secondary N) is 1. The first-order chi connectivity index (χ1) is 9.81. The van der Waals surface area contributed by atoms with Crippen molar-refractivity contribution in [3.05, 3.63) is 28.8 Å². The summed E-state index contributed by atoms with van der Waals surface area (Å²) in [5.74, 6) is -0.475. The number of fused-ring (bicyclic) bond motifs is 1. The number of Topliss-reactive ketones (excluding diaryl/α,β-unsaturated/α-hetero) is 1. The summed E-state index contributed by atoms with van der Waals surface area (Å²) in [5, 5.41) is 3.37. The molecule has 114 valence electrons. The van der Waals surface area contributed by atoms with E-state index in [1.54, 1.807) is 4.90 Å². The van der Waals surface area contributed by atoms with Crippen LogP contribution in [0, 0.1) is 19.8 Å². The van der Waals surface area contributed by atoms with Gasteiger partial charge in [-0.25, -0.2) is 0 Å². The topological polar surface area (TPSA) is 49.4 Å². The Bertz CT molecular complexity index is 578. The highest BCUT2D eigenvalue weighted by Crippen LogP contribution is 2.33. The van der Waals surface area contributed by atoms with E-state index in [4.69, 9.17) is 0 Å². The fourth-order valence-electron chi connectivity index (χ4n) is 2.79. The zero-order chi connectivity index (χ0) is 15.7. The molecule has 4 nitrogen and oxygen atoms in total. The molecule has 0 saturated carbocycles. The van der Waals surface area contributed by atoms with Gasteiger partial charge in [0.05, 0.1) is 11.3 Å². The fourth-order valence-corrected chi connectivity index (χ4v) is 2.79. The molecule has 21 heavy (non-hydrogen) atoms. The lowest BCUT2D eigenvalue weighted by Gasteiger charge is -2.22. The Morgan fingerprint density at radius 2 is 1.81 bits per heavy atom. The normalized spacial score (nSPS) is 15.8. The van der Waals surface area contributed by atoms with Gasteiger partial charge >= 0.3 is 0 Å². The zero-order valence-electron chi connectivity index (χ0n) is 13.5. The minimum absolute atomic E-state index is 0.288. The van der Waals surface area contributed by atoms with Gasteiger partial charge in [-0.05, 0) is 43.5 Å². The Hall–Kier alpha value is -1.68. The first kappa shape index (κ1) is 15.7. The van der Waals surface area contributed by atoms with Crippen molar-refractivity contribution in [1.29, 1.82) is 0 Å². The quantitative estimate of drug-likeness (QED) is 0.847. The molecule has 1 aromatic carbocycles. The monoisotopic (exact) mass is 288 g/mol. The van der Waals surface area contributed by atoms with Crippen LogP contribution in [0.2, 0.25) is 0 Å². The maximum atomic E-state index is 12.3. The number of anilines is 1. The second-order valence-electron chi connectivity index (χ2n) is 6.39. The average molecular weight is 288 g/mol. The maximum absolute atomic E-state index is 12.3. The summed E-state index contributed by atoms with van der Waals surface area (Å²) >= 11 is 0. The van der Waals surface area contributed by atoms with Gasteiger partial charge in [0.15, 0.2) is 0 Å². The Labute approximate surface area is 126 Å². The van der Waals surface area contributed by atoms with Crippen molar-refractivity contribution in [3.63, 3.8) is 0 Å². The van der Waals surface area contributed by atoms with Crippen molar-refractivity contribution in [2.45, 2.75) is 40.7 Å². The number of carbonyl (C=O) groups is 2. The molecule has 0 bridgehead atoms. The highest BCUT2D eigenvalue weighted by atomic mass is 16.2. The van der Waals surface area contributed by atoms with Gasteiger partial charge in [0, 0.05) is 12.6 Å². The molecule has 1 aromatic rings. The molecular weight excluding hydrogens is 264 g/mol. The number of nitrogens with zero attached hydrogens (tertiary/aromatic N) is 1. The van der Waals surface area contributed by atoms with Crippen LogP contribution < -0.4 is 10.2 Å². The molecule has 1 heterocycles. The number of hydrogen-bond acceptors (Lipinski definition) is 3. The first-order valence-corrected chi connectivity index (χ1v) is 7.52. The number of amides is 1. The molecule has 0 fully saturated rings. The van der Waals surface area contributed by atoms with Gasteiger partial charge in [-0.3, -0.25) is 9.59 Å². The van der Waals surface area contributed by atoms with Crippen molar-refractivity contribution in [2.24, 2.45) is 5.92 Å². The summed E-state index contributed by atoms with van der Waals surface area (Å²) < 4.78 is 0. The van der Waals surface area contributed by atoms with E-state index in [1.807, 2.05) is 26.0 Å². The minimum atomic E-state index is -0.393. The number of ketones is 1. The minimum Gasteiger partial charge on any atom is -0.314 e. The molecule has 0 saturated heterocycles. The van der Waals surface area contributed by atoms with Gasteiger partial charge in [0.2, 0.25) is 0 Å². The van der Waals surface area contributed by atoms with Crippen LogP contribution in [0.3, 0.4) is 0 Å². The Morgan fingerprint density at radius 3 is 2.43 bits per heavy atom. The SMILES string of the molecule is Cc1cc(C)c2c(c1)N(CC(C)CNC(C)C)C(=O)C2=O. The van der Waals surface area contributed by atoms with Gasteiger partial charge in [-0.1, -0.05) is 26.8 Å². The molecule has 1 aliphatic rings. The summed E-state index contributed by atoms with van der Waals surface area (Å²) in [4.78, 5) is 26.1. The van der Waals surface area contributed by atoms with Crippen LogP contribution in [-0.2, 0) is 4.79 Å². The standard InChI is InChI=1S/C17H24N2O2/c1-10(2)18-8-12(4)9-19-14-7-11(3)6-13(5)15(14)16(20)17(19)21/h6-7,10,12,18H,8-9H2,1-5H3. The van der Waals surface area contributed by atoms with Crippen LogP contribution in [-0.4, -0.2) is 30.8 Å². The van der Waals surface area contributed by atoms with Crippen LogP contribution in [0.25, 0.3) is 0 Å². The summed E-state index contributed by atoms with van der Waals surface area (Å²) in [6.07, 6.45) is 0. The molecule has 0 spiro atoms. The Kier molecular flexibility index (Phi) is 4.47. The van der Waals surface area contributed by atoms with E-state index in [0.29, 0.717) is 18.2 Å². The molecule has 0 aromatic heterocycles. The van der Waals surface area contributed by atoms with Crippen molar-refractivity contribution < 1.29 is 9.59 Å². The third-order valence-electron chi connectivity index (χ3n) is 3.79. The molecule has 4 heteroatoms. The third-order valence-corrected chi connectivity index (χ3v) is 3.79. The van der Waals surface area contributed by atoms with E-state index in [0.717, 1.165) is 23.4 Å². The van der Waals surface area contributed by atoms with Crippen molar-refractivity contribution in [3.8, 4) is 0 Å². The molecule has 1 N–H and O–H groups in total. The van der Waals surface area contributed by atoms with Gasteiger partial charge < -0.3 is 10.2 Å². The highest BCUT2D eigenvalue weighted by molar-refractivity contribution is 6.52. The summed E-state index contributed by atoms with van der Waals surface area (Å²) in [5.41, 5.74) is 3.32. The summed E-state index contributed by atoms with van der Waals surface area (Å²) in [6, 6.07) is 4.31. The summed E-state index contributed by atoms with van der Waals surface area (Å²) in [6.45, 7) is 11.6. The Morgan fingerprint density at radius 1 is 1.14 bits per heavy atom. The Balaban J connectivity index is 2.23. The lowest BCUT2D eigenvalue weighted by molar-refractivity contribution is -0.114. The van der Waals surface area contributed by atoms with E-state index >= 15 is 0 Å².